The van der Waals surface area contributed by atoms with Gasteiger partial charge in [-0.15, -0.1) is 0 Å². The molecule has 1 aliphatic carbocycles. The van der Waals surface area contributed by atoms with Crippen molar-refractivity contribution in [2.75, 3.05) is 13.1 Å². The number of carbonyl (C=O) groups excluding carboxylic acids is 2. The molecule has 0 heterocycles. The van der Waals surface area contributed by atoms with Gasteiger partial charge in [0.15, 0.2) is 6.10 Å². The van der Waals surface area contributed by atoms with Gasteiger partial charge < -0.3 is 10.1 Å². The van der Waals surface area contributed by atoms with Crippen LogP contribution in [0.4, 0.5) is 4.39 Å². The highest BCUT2D eigenvalue weighted by Gasteiger charge is 2.29. The monoisotopic (exact) mass is 386 g/mol. The lowest BCUT2D eigenvalue weighted by molar-refractivity contribution is -0.129. The molecule has 1 aliphatic rings. The number of esters is 1. The van der Waals surface area contributed by atoms with Crippen LogP contribution in [0, 0.1) is 5.82 Å². The van der Waals surface area contributed by atoms with Crippen LogP contribution in [0.2, 0.25) is 0 Å². The van der Waals surface area contributed by atoms with E-state index in [2.05, 4.69) is 5.32 Å². The van der Waals surface area contributed by atoms with Crippen molar-refractivity contribution in [1.29, 1.82) is 0 Å². The number of sulfonamides is 1. The van der Waals surface area contributed by atoms with Gasteiger partial charge >= 0.3 is 5.97 Å². The van der Waals surface area contributed by atoms with Crippen LogP contribution in [0.3, 0.4) is 0 Å². The van der Waals surface area contributed by atoms with E-state index in [1.54, 1.807) is 13.8 Å². The number of nitrogens with one attached hydrogen (secondary N) is 1. The molecule has 0 bridgehead atoms. The molecule has 0 aliphatic heterocycles. The molecular weight excluding hydrogens is 363 g/mol. The van der Waals surface area contributed by atoms with Crippen molar-refractivity contribution >= 4 is 21.9 Å². The van der Waals surface area contributed by atoms with Crippen LogP contribution < -0.4 is 5.32 Å². The summed E-state index contributed by atoms with van der Waals surface area (Å²) in [5.41, 5.74) is -0.136. The molecule has 1 aromatic carbocycles. The van der Waals surface area contributed by atoms with Crippen molar-refractivity contribution in [3.8, 4) is 0 Å². The first-order valence-corrected chi connectivity index (χ1v) is 9.95. The average Bonchev–Trinajstić information content (AvgIpc) is 3.39. The van der Waals surface area contributed by atoms with E-state index in [-0.39, 0.29) is 24.7 Å². The van der Waals surface area contributed by atoms with Crippen LogP contribution >= 0.6 is 0 Å². The lowest BCUT2D eigenvalue weighted by atomic mass is 10.2. The van der Waals surface area contributed by atoms with E-state index in [1.807, 2.05) is 0 Å². The van der Waals surface area contributed by atoms with Crippen LogP contribution in [0.1, 0.15) is 44.0 Å². The SMILES string of the molecule is CCN(CC)S(=O)(=O)c1cc(C(=O)O[C@@H](C)C(=O)NC2CC2)ccc1F. The van der Waals surface area contributed by atoms with E-state index in [4.69, 9.17) is 4.74 Å². The second-order valence-electron chi connectivity index (χ2n) is 6.06. The van der Waals surface area contributed by atoms with Crippen LogP contribution in [0.25, 0.3) is 0 Å². The van der Waals surface area contributed by atoms with Gasteiger partial charge in [-0.05, 0) is 38.0 Å². The van der Waals surface area contributed by atoms with Gasteiger partial charge in [-0.1, -0.05) is 13.8 Å². The molecule has 1 atom stereocenters. The number of benzene rings is 1. The molecule has 1 saturated carbocycles. The van der Waals surface area contributed by atoms with E-state index in [9.17, 15) is 22.4 Å². The van der Waals surface area contributed by atoms with E-state index in [0.29, 0.717) is 0 Å². The van der Waals surface area contributed by atoms with E-state index in [0.717, 1.165) is 35.3 Å². The molecule has 1 N–H and O–H groups in total. The summed E-state index contributed by atoms with van der Waals surface area (Å²) in [6, 6.07) is 3.10. The quantitative estimate of drug-likeness (QED) is 0.686. The van der Waals surface area contributed by atoms with Gasteiger partial charge in [-0.2, -0.15) is 4.31 Å². The molecule has 26 heavy (non-hydrogen) atoms. The average molecular weight is 386 g/mol. The molecule has 0 spiro atoms. The second kappa shape index (κ2) is 8.13. The Morgan fingerprint density at radius 2 is 1.92 bits per heavy atom. The molecule has 1 fully saturated rings. The predicted octanol–water partition coefficient (Wildman–Crippen LogP) is 1.68. The maximum Gasteiger partial charge on any atom is 0.338 e. The zero-order chi connectivity index (χ0) is 19.5. The first-order valence-electron chi connectivity index (χ1n) is 8.51. The molecule has 0 saturated heterocycles. The normalized spacial score (nSPS) is 15.6. The Hall–Kier alpha value is -2.00. The summed E-state index contributed by atoms with van der Waals surface area (Å²) in [5.74, 6) is -2.26. The Kier molecular flexibility index (Phi) is 6.35. The van der Waals surface area contributed by atoms with Gasteiger partial charge in [0.25, 0.3) is 5.91 Å². The number of amides is 1. The lowest BCUT2D eigenvalue weighted by Crippen LogP contribution is -2.37. The number of carbonyl (C=O) groups is 2. The Balaban J connectivity index is 2.19. The van der Waals surface area contributed by atoms with E-state index >= 15 is 0 Å². The van der Waals surface area contributed by atoms with Crippen LogP contribution in [0.15, 0.2) is 23.1 Å². The highest BCUT2D eigenvalue weighted by molar-refractivity contribution is 7.89. The van der Waals surface area contributed by atoms with Gasteiger partial charge in [0.05, 0.1) is 5.56 Å². The van der Waals surface area contributed by atoms with Crippen molar-refractivity contribution < 1.29 is 27.1 Å². The molecule has 9 heteroatoms. The van der Waals surface area contributed by atoms with Gasteiger partial charge in [0, 0.05) is 19.1 Å². The molecule has 1 aromatic rings. The zero-order valence-corrected chi connectivity index (χ0v) is 15.8. The Morgan fingerprint density at radius 3 is 2.46 bits per heavy atom. The van der Waals surface area contributed by atoms with E-state index in [1.165, 1.54) is 6.92 Å². The lowest BCUT2D eigenvalue weighted by Gasteiger charge is -2.19. The Bertz CT molecular complexity index is 788. The summed E-state index contributed by atoms with van der Waals surface area (Å²) in [5, 5.41) is 2.71. The topological polar surface area (TPSA) is 92.8 Å². The fraction of sp³-hybridized carbons (Fsp3) is 0.529. The number of hydrogen-bond donors (Lipinski definition) is 1. The van der Waals surface area contributed by atoms with Crippen LogP contribution in [0.5, 0.6) is 0 Å². The summed E-state index contributed by atoms with van der Waals surface area (Å²) in [7, 11) is -4.07. The number of ether oxygens (including phenoxy) is 1. The highest BCUT2D eigenvalue weighted by atomic mass is 32.2. The fourth-order valence-corrected chi connectivity index (χ4v) is 3.91. The molecule has 7 nitrogen and oxygen atoms in total. The summed E-state index contributed by atoms with van der Waals surface area (Å²) < 4.78 is 45.3. The van der Waals surface area contributed by atoms with Crippen molar-refractivity contribution in [1.82, 2.24) is 9.62 Å². The highest BCUT2D eigenvalue weighted by Crippen LogP contribution is 2.22. The molecule has 0 aromatic heterocycles. The minimum atomic E-state index is -4.07. The van der Waals surface area contributed by atoms with Crippen molar-refractivity contribution in [2.45, 2.75) is 50.7 Å². The first-order chi connectivity index (χ1) is 12.2. The predicted molar refractivity (Wildman–Crippen MR) is 92.5 cm³/mol. The largest absolute Gasteiger partial charge is 0.449 e. The summed E-state index contributed by atoms with van der Waals surface area (Å²) >= 11 is 0. The van der Waals surface area contributed by atoms with Crippen molar-refractivity contribution in [3.05, 3.63) is 29.6 Å². The standard InChI is InChI=1S/C17H23FN2O5S/c1-4-20(5-2)26(23,24)15-10-12(6-9-14(15)18)17(22)25-11(3)16(21)19-13-7-8-13/h6,9-11,13H,4-5,7-8H2,1-3H3,(H,19,21)/t11-/m0/s1. The summed E-state index contributed by atoms with van der Waals surface area (Å²) in [6.45, 7) is 5.04. The smallest absolute Gasteiger partial charge is 0.338 e. The minimum absolute atomic E-state index is 0.125. The minimum Gasteiger partial charge on any atom is -0.449 e. The third kappa shape index (κ3) is 4.59. The van der Waals surface area contributed by atoms with Crippen molar-refractivity contribution in [3.63, 3.8) is 0 Å². The first kappa shape index (κ1) is 20.3. The van der Waals surface area contributed by atoms with Gasteiger partial charge in [0.2, 0.25) is 10.0 Å². The summed E-state index contributed by atoms with van der Waals surface area (Å²) in [6.07, 6.45) is 0.768. The summed E-state index contributed by atoms with van der Waals surface area (Å²) in [4.78, 5) is 23.5. The second-order valence-corrected chi connectivity index (χ2v) is 7.97. The Morgan fingerprint density at radius 1 is 1.31 bits per heavy atom. The molecule has 1 amide bonds. The number of hydrogen-bond acceptors (Lipinski definition) is 5. The van der Waals surface area contributed by atoms with Gasteiger partial charge in [-0.3, -0.25) is 4.79 Å². The molecule has 0 unspecified atom stereocenters. The molecular formula is C17H23FN2O5S. The third-order valence-electron chi connectivity index (χ3n) is 4.07. The zero-order valence-electron chi connectivity index (χ0n) is 15.0. The van der Waals surface area contributed by atoms with Crippen LogP contribution in [-0.4, -0.2) is 49.8 Å². The Labute approximate surface area is 152 Å². The molecule has 144 valence electrons. The van der Waals surface area contributed by atoms with E-state index < -0.39 is 38.7 Å². The maximum atomic E-state index is 14.1. The number of rotatable bonds is 8. The number of halogens is 1. The van der Waals surface area contributed by atoms with Crippen molar-refractivity contribution in [2.24, 2.45) is 0 Å². The molecule has 0 radical (unpaired) electrons. The maximum absolute atomic E-state index is 14.1. The molecule has 2 rings (SSSR count). The van der Waals surface area contributed by atoms with Gasteiger partial charge in [0.1, 0.15) is 10.7 Å². The van der Waals surface area contributed by atoms with Gasteiger partial charge in [-0.25, -0.2) is 17.6 Å². The van der Waals surface area contributed by atoms with Crippen LogP contribution in [-0.2, 0) is 19.6 Å². The third-order valence-corrected chi connectivity index (χ3v) is 6.13. The fourth-order valence-electron chi connectivity index (χ4n) is 2.36. The number of nitrogens with zero attached hydrogens (tertiary/aromatic N) is 1.